The van der Waals surface area contributed by atoms with Crippen molar-refractivity contribution in [3.63, 3.8) is 0 Å². The summed E-state index contributed by atoms with van der Waals surface area (Å²) >= 11 is 3.42. The molecule has 2 N–H and O–H groups in total. The number of hydrogen-bond donors (Lipinski definition) is 2. The number of carbonyl (C=O) groups is 2. The molecular formula is C22H24BrN3O5. The number of rotatable bonds is 11. The number of carbonyl (C=O) groups excluding carboxylic acids is 2. The SMILES string of the molecule is C=CCOc1c(Br)cc(C=NNC(=O)CC(=O)Nc2ccc(OCC)cc2)cc1OC. The van der Waals surface area contributed by atoms with E-state index in [2.05, 4.69) is 38.4 Å². The first kappa shape index (κ1) is 23.9. The largest absolute Gasteiger partial charge is 0.494 e. The summed E-state index contributed by atoms with van der Waals surface area (Å²) in [5.74, 6) is 0.742. The Morgan fingerprint density at radius 3 is 2.55 bits per heavy atom. The molecule has 8 nitrogen and oxygen atoms in total. The number of hydrogen-bond acceptors (Lipinski definition) is 6. The molecular weight excluding hydrogens is 466 g/mol. The Morgan fingerprint density at radius 1 is 1.16 bits per heavy atom. The molecule has 9 heteroatoms. The fourth-order valence-electron chi connectivity index (χ4n) is 2.47. The predicted octanol–water partition coefficient (Wildman–Crippen LogP) is 3.90. The first-order chi connectivity index (χ1) is 15.0. The van der Waals surface area contributed by atoms with E-state index in [0.29, 0.717) is 46.2 Å². The molecule has 0 saturated carbocycles. The fraction of sp³-hybridized carbons (Fsp3) is 0.227. The smallest absolute Gasteiger partial charge is 0.249 e. The maximum Gasteiger partial charge on any atom is 0.249 e. The molecule has 31 heavy (non-hydrogen) atoms. The molecule has 0 unspecified atom stereocenters. The highest BCUT2D eigenvalue weighted by Crippen LogP contribution is 2.36. The van der Waals surface area contributed by atoms with Crippen LogP contribution in [0.1, 0.15) is 18.9 Å². The van der Waals surface area contributed by atoms with E-state index < -0.39 is 11.8 Å². The van der Waals surface area contributed by atoms with Crippen molar-refractivity contribution in [3.05, 3.63) is 59.1 Å². The highest BCUT2D eigenvalue weighted by atomic mass is 79.9. The minimum atomic E-state index is -0.545. The number of methoxy groups -OCH3 is 1. The predicted molar refractivity (Wildman–Crippen MR) is 123 cm³/mol. The number of hydrazone groups is 1. The van der Waals surface area contributed by atoms with Crippen LogP contribution in [-0.2, 0) is 9.59 Å². The van der Waals surface area contributed by atoms with E-state index in [0.717, 1.165) is 0 Å². The van der Waals surface area contributed by atoms with E-state index in [-0.39, 0.29) is 6.42 Å². The van der Waals surface area contributed by atoms with Gasteiger partial charge in [0.05, 0.1) is 24.4 Å². The number of nitrogens with zero attached hydrogens (tertiary/aromatic N) is 1. The summed E-state index contributed by atoms with van der Waals surface area (Å²) in [7, 11) is 1.52. The van der Waals surface area contributed by atoms with E-state index in [1.165, 1.54) is 13.3 Å². The molecule has 2 aromatic rings. The van der Waals surface area contributed by atoms with Crippen molar-refractivity contribution in [1.82, 2.24) is 5.43 Å². The zero-order valence-corrected chi connectivity index (χ0v) is 18.9. The number of ether oxygens (including phenoxy) is 3. The third-order valence-electron chi connectivity index (χ3n) is 3.77. The van der Waals surface area contributed by atoms with Crippen molar-refractivity contribution in [1.29, 1.82) is 0 Å². The lowest BCUT2D eigenvalue weighted by Gasteiger charge is -2.12. The minimum Gasteiger partial charge on any atom is -0.494 e. The van der Waals surface area contributed by atoms with Crippen molar-refractivity contribution < 1.29 is 23.8 Å². The van der Waals surface area contributed by atoms with E-state index in [1.54, 1.807) is 42.5 Å². The average Bonchev–Trinajstić information content (AvgIpc) is 2.74. The standard InChI is InChI=1S/C22H24BrN3O5/c1-4-10-31-22-18(23)11-15(12-19(22)29-3)14-24-26-21(28)13-20(27)25-16-6-8-17(9-7-16)30-5-2/h4,6-9,11-12,14H,1,5,10,13H2,2-3H3,(H,25,27)(H,26,28). The van der Waals surface area contributed by atoms with E-state index in [1.807, 2.05) is 6.92 Å². The second kappa shape index (κ2) is 12.4. The normalized spacial score (nSPS) is 10.4. The fourth-order valence-corrected chi connectivity index (χ4v) is 3.04. The number of anilines is 1. The van der Waals surface area contributed by atoms with Gasteiger partial charge in [-0.25, -0.2) is 5.43 Å². The topological polar surface area (TPSA) is 98.2 Å². The van der Waals surface area contributed by atoms with Crippen LogP contribution in [0, 0.1) is 0 Å². The van der Waals surface area contributed by atoms with Crippen LogP contribution in [0.2, 0.25) is 0 Å². The summed E-state index contributed by atoms with van der Waals surface area (Å²) in [5, 5.41) is 6.53. The van der Waals surface area contributed by atoms with Gasteiger partial charge in [0.2, 0.25) is 11.8 Å². The van der Waals surface area contributed by atoms with Crippen molar-refractivity contribution in [2.75, 3.05) is 25.6 Å². The van der Waals surface area contributed by atoms with Crippen LogP contribution < -0.4 is 25.0 Å². The van der Waals surface area contributed by atoms with Crippen molar-refractivity contribution >= 4 is 39.6 Å². The lowest BCUT2D eigenvalue weighted by Crippen LogP contribution is -2.24. The molecule has 0 spiro atoms. The van der Waals surface area contributed by atoms with E-state index in [9.17, 15) is 9.59 Å². The Balaban J connectivity index is 1.89. The van der Waals surface area contributed by atoms with Gasteiger partial charge in [-0.1, -0.05) is 12.7 Å². The Labute approximate surface area is 189 Å². The molecule has 2 aromatic carbocycles. The van der Waals surface area contributed by atoms with Gasteiger partial charge in [-0.05, 0) is 64.8 Å². The third kappa shape index (κ3) is 7.78. The van der Waals surface area contributed by atoms with Gasteiger partial charge in [-0.3, -0.25) is 9.59 Å². The van der Waals surface area contributed by atoms with E-state index >= 15 is 0 Å². The Morgan fingerprint density at radius 2 is 1.90 bits per heavy atom. The van der Waals surface area contributed by atoms with Crippen LogP contribution in [0.5, 0.6) is 17.2 Å². The average molecular weight is 490 g/mol. The van der Waals surface area contributed by atoms with Gasteiger partial charge in [-0.2, -0.15) is 5.10 Å². The number of nitrogens with one attached hydrogen (secondary N) is 2. The maximum absolute atomic E-state index is 12.0. The Hall–Kier alpha value is -3.33. The molecule has 0 aromatic heterocycles. The van der Waals surface area contributed by atoms with Crippen molar-refractivity contribution in [2.45, 2.75) is 13.3 Å². The molecule has 0 heterocycles. The molecule has 0 saturated heterocycles. The molecule has 0 aliphatic carbocycles. The molecule has 0 atom stereocenters. The monoisotopic (exact) mass is 489 g/mol. The summed E-state index contributed by atoms with van der Waals surface area (Å²) in [5.41, 5.74) is 3.56. The van der Waals surface area contributed by atoms with Gasteiger partial charge in [0.25, 0.3) is 0 Å². The van der Waals surface area contributed by atoms with Crippen LogP contribution in [0.15, 0.2) is 58.6 Å². The number of benzene rings is 2. The zero-order chi connectivity index (χ0) is 22.6. The highest BCUT2D eigenvalue weighted by Gasteiger charge is 2.12. The molecule has 2 rings (SSSR count). The third-order valence-corrected chi connectivity index (χ3v) is 4.36. The van der Waals surface area contributed by atoms with Crippen LogP contribution in [-0.4, -0.2) is 38.4 Å². The Kier molecular flexibility index (Phi) is 9.57. The summed E-state index contributed by atoms with van der Waals surface area (Å²) < 4.78 is 16.9. The van der Waals surface area contributed by atoms with Gasteiger partial charge in [0.15, 0.2) is 11.5 Å². The lowest BCUT2D eigenvalue weighted by molar-refractivity contribution is -0.126. The van der Waals surface area contributed by atoms with Crippen molar-refractivity contribution in [3.8, 4) is 17.2 Å². The van der Waals surface area contributed by atoms with Crippen LogP contribution in [0.25, 0.3) is 0 Å². The van der Waals surface area contributed by atoms with Gasteiger partial charge in [-0.15, -0.1) is 0 Å². The minimum absolute atomic E-state index is 0.331. The first-order valence-corrected chi connectivity index (χ1v) is 10.2. The molecule has 0 aliphatic heterocycles. The molecule has 2 amide bonds. The van der Waals surface area contributed by atoms with E-state index in [4.69, 9.17) is 14.2 Å². The van der Waals surface area contributed by atoms with Crippen LogP contribution >= 0.6 is 15.9 Å². The van der Waals surface area contributed by atoms with Gasteiger partial charge in [0.1, 0.15) is 18.8 Å². The second-order valence-corrected chi connectivity index (χ2v) is 6.96. The quantitative estimate of drug-likeness (QED) is 0.216. The van der Waals surface area contributed by atoms with Crippen molar-refractivity contribution in [2.24, 2.45) is 5.10 Å². The highest BCUT2D eigenvalue weighted by molar-refractivity contribution is 9.10. The molecule has 0 radical (unpaired) electrons. The number of amides is 2. The van der Waals surface area contributed by atoms with Crippen LogP contribution in [0.3, 0.4) is 0 Å². The zero-order valence-electron chi connectivity index (χ0n) is 17.3. The Bertz CT molecular complexity index is 945. The lowest BCUT2D eigenvalue weighted by atomic mass is 10.2. The summed E-state index contributed by atoms with van der Waals surface area (Å²) in [4.78, 5) is 24.0. The second-order valence-electron chi connectivity index (χ2n) is 6.11. The molecule has 0 bridgehead atoms. The molecule has 164 valence electrons. The number of halogens is 1. The summed E-state index contributed by atoms with van der Waals surface area (Å²) in [6, 6.07) is 10.3. The first-order valence-electron chi connectivity index (χ1n) is 9.42. The van der Waals surface area contributed by atoms with Gasteiger partial charge in [0, 0.05) is 5.69 Å². The maximum atomic E-state index is 12.0. The molecule has 0 fully saturated rings. The summed E-state index contributed by atoms with van der Waals surface area (Å²) in [6.45, 7) is 6.39. The van der Waals surface area contributed by atoms with Gasteiger partial charge >= 0.3 is 0 Å². The summed E-state index contributed by atoms with van der Waals surface area (Å²) in [6.07, 6.45) is 2.70. The van der Waals surface area contributed by atoms with Gasteiger partial charge < -0.3 is 19.5 Å². The van der Waals surface area contributed by atoms with Crippen LogP contribution in [0.4, 0.5) is 5.69 Å². The molecule has 0 aliphatic rings.